The highest BCUT2D eigenvalue weighted by atomic mass is 32.1. The second-order valence-electron chi connectivity index (χ2n) is 7.20. The van der Waals surface area contributed by atoms with Gasteiger partial charge in [0.25, 0.3) is 0 Å². The number of benzene rings is 1. The SMILES string of the molecule is CC1c2cccn2CCN1C(=O)Cc1sc(-c2ccccc2)nc1-c1cccs1. The van der Waals surface area contributed by atoms with Gasteiger partial charge in [-0.1, -0.05) is 36.4 Å². The van der Waals surface area contributed by atoms with Crippen LogP contribution in [0.2, 0.25) is 0 Å². The zero-order chi connectivity index (χ0) is 19.8. The summed E-state index contributed by atoms with van der Waals surface area (Å²) in [4.78, 5) is 22.4. The molecule has 4 nitrogen and oxygen atoms in total. The molecule has 1 aliphatic rings. The number of carbonyl (C=O) groups excluding carboxylic acids is 1. The molecule has 1 unspecified atom stereocenters. The van der Waals surface area contributed by atoms with E-state index in [9.17, 15) is 4.79 Å². The molecule has 0 saturated heterocycles. The molecule has 0 bridgehead atoms. The summed E-state index contributed by atoms with van der Waals surface area (Å²) in [5, 5.41) is 3.03. The van der Waals surface area contributed by atoms with E-state index in [-0.39, 0.29) is 11.9 Å². The van der Waals surface area contributed by atoms with E-state index in [0.29, 0.717) is 6.42 Å². The molecule has 1 atom stereocenters. The first-order chi connectivity index (χ1) is 14.2. The Morgan fingerprint density at radius 3 is 2.76 bits per heavy atom. The largest absolute Gasteiger partial charge is 0.348 e. The molecule has 0 aliphatic carbocycles. The van der Waals surface area contributed by atoms with Crippen LogP contribution in [0.1, 0.15) is 23.5 Å². The maximum absolute atomic E-state index is 13.3. The zero-order valence-corrected chi connectivity index (χ0v) is 17.7. The van der Waals surface area contributed by atoms with Gasteiger partial charge in [-0.15, -0.1) is 22.7 Å². The number of rotatable bonds is 4. The van der Waals surface area contributed by atoms with E-state index in [4.69, 9.17) is 4.98 Å². The molecule has 0 fully saturated rings. The van der Waals surface area contributed by atoms with Crippen molar-refractivity contribution in [3.05, 3.63) is 76.7 Å². The van der Waals surface area contributed by atoms with Crippen LogP contribution in [0.5, 0.6) is 0 Å². The predicted octanol–water partition coefficient (Wildman–Crippen LogP) is 5.49. The van der Waals surface area contributed by atoms with Gasteiger partial charge >= 0.3 is 0 Å². The minimum atomic E-state index is 0.0953. The van der Waals surface area contributed by atoms with Gasteiger partial charge in [0, 0.05) is 35.4 Å². The molecule has 1 amide bonds. The van der Waals surface area contributed by atoms with Crippen LogP contribution in [0.3, 0.4) is 0 Å². The summed E-state index contributed by atoms with van der Waals surface area (Å²) in [6, 6.07) is 18.6. The van der Waals surface area contributed by atoms with Gasteiger partial charge in [0.1, 0.15) is 5.01 Å². The van der Waals surface area contributed by atoms with Crippen molar-refractivity contribution < 1.29 is 4.79 Å². The summed E-state index contributed by atoms with van der Waals surface area (Å²) >= 11 is 3.30. The Bertz CT molecular complexity index is 1130. The van der Waals surface area contributed by atoms with Crippen LogP contribution in [0.25, 0.3) is 21.1 Å². The summed E-state index contributed by atoms with van der Waals surface area (Å²) in [7, 11) is 0. The number of hydrogen-bond donors (Lipinski definition) is 0. The van der Waals surface area contributed by atoms with Gasteiger partial charge in [-0.2, -0.15) is 0 Å². The van der Waals surface area contributed by atoms with Crippen molar-refractivity contribution in [2.45, 2.75) is 25.9 Å². The maximum atomic E-state index is 13.3. The zero-order valence-electron chi connectivity index (χ0n) is 16.1. The van der Waals surface area contributed by atoms with Crippen LogP contribution in [0.4, 0.5) is 0 Å². The van der Waals surface area contributed by atoms with Crippen molar-refractivity contribution in [2.24, 2.45) is 0 Å². The van der Waals surface area contributed by atoms with Gasteiger partial charge in [0.05, 0.1) is 23.0 Å². The molecule has 4 aromatic rings. The third-order valence-electron chi connectivity index (χ3n) is 5.45. The minimum Gasteiger partial charge on any atom is -0.348 e. The molecular formula is C23H21N3OS2. The van der Waals surface area contributed by atoms with Crippen LogP contribution < -0.4 is 0 Å². The maximum Gasteiger partial charge on any atom is 0.228 e. The standard InChI is InChI=1S/C23H21N3OS2/c1-16-18-9-5-11-25(18)12-13-26(16)21(27)15-20-22(19-10-6-14-28-19)24-23(29-20)17-7-3-2-4-8-17/h2-11,14,16H,12-13,15H2,1H3. The van der Waals surface area contributed by atoms with E-state index < -0.39 is 0 Å². The number of aromatic nitrogens is 2. The van der Waals surface area contributed by atoms with Crippen molar-refractivity contribution in [3.63, 3.8) is 0 Å². The number of nitrogens with zero attached hydrogens (tertiary/aromatic N) is 3. The van der Waals surface area contributed by atoms with Crippen LogP contribution in [-0.4, -0.2) is 26.9 Å². The summed E-state index contributed by atoms with van der Waals surface area (Å²) in [6.45, 7) is 3.72. The number of thiophene rings is 1. The fourth-order valence-electron chi connectivity index (χ4n) is 3.94. The number of carbonyl (C=O) groups is 1. The van der Waals surface area contributed by atoms with E-state index in [1.807, 2.05) is 29.2 Å². The van der Waals surface area contributed by atoms with Gasteiger partial charge in [0.2, 0.25) is 5.91 Å². The molecule has 1 aromatic carbocycles. The fraction of sp³-hybridized carbons (Fsp3) is 0.217. The minimum absolute atomic E-state index is 0.0953. The van der Waals surface area contributed by atoms with Gasteiger partial charge in [0.15, 0.2) is 0 Å². The number of hydrogen-bond acceptors (Lipinski definition) is 4. The molecule has 3 aromatic heterocycles. The molecule has 0 saturated carbocycles. The summed E-state index contributed by atoms with van der Waals surface area (Å²) < 4.78 is 2.24. The highest BCUT2D eigenvalue weighted by Gasteiger charge is 2.28. The van der Waals surface area contributed by atoms with E-state index in [0.717, 1.165) is 39.1 Å². The van der Waals surface area contributed by atoms with Gasteiger partial charge in [-0.3, -0.25) is 4.79 Å². The predicted molar refractivity (Wildman–Crippen MR) is 119 cm³/mol. The Hall–Kier alpha value is -2.70. The lowest BCUT2D eigenvalue weighted by atomic mass is 10.1. The van der Waals surface area contributed by atoms with Crippen LogP contribution >= 0.6 is 22.7 Å². The molecule has 146 valence electrons. The third-order valence-corrected chi connectivity index (χ3v) is 7.43. The first kappa shape index (κ1) is 18.3. The summed E-state index contributed by atoms with van der Waals surface area (Å²) in [6.07, 6.45) is 2.49. The third kappa shape index (κ3) is 3.43. The second kappa shape index (κ2) is 7.61. The Balaban J connectivity index is 1.46. The topological polar surface area (TPSA) is 38.1 Å². The van der Waals surface area contributed by atoms with Crippen LogP contribution in [-0.2, 0) is 17.8 Å². The van der Waals surface area contributed by atoms with Crippen molar-refractivity contribution in [1.29, 1.82) is 0 Å². The second-order valence-corrected chi connectivity index (χ2v) is 9.23. The van der Waals surface area contributed by atoms with Crippen molar-refractivity contribution in [1.82, 2.24) is 14.5 Å². The Morgan fingerprint density at radius 2 is 1.97 bits per heavy atom. The first-order valence-electron chi connectivity index (χ1n) is 9.74. The van der Waals surface area contributed by atoms with Gasteiger partial charge < -0.3 is 9.47 Å². The highest BCUT2D eigenvalue weighted by molar-refractivity contribution is 7.17. The Kier molecular flexibility index (Phi) is 4.81. The molecular weight excluding hydrogens is 398 g/mol. The molecule has 5 rings (SSSR count). The number of thiazole rings is 1. The Labute approximate surface area is 178 Å². The Morgan fingerprint density at radius 1 is 1.10 bits per heavy atom. The molecule has 6 heteroatoms. The quantitative estimate of drug-likeness (QED) is 0.439. The summed E-state index contributed by atoms with van der Waals surface area (Å²) in [5.41, 5.74) is 3.25. The number of fused-ring (bicyclic) bond motifs is 1. The van der Waals surface area contributed by atoms with Crippen LogP contribution in [0.15, 0.2) is 66.2 Å². The van der Waals surface area contributed by atoms with E-state index in [1.165, 1.54) is 5.69 Å². The molecule has 0 N–H and O–H groups in total. The van der Waals surface area contributed by atoms with Gasteiger partial charge in [-0.25, -0.2) is 4.98 Å². The molecule has 0 radical (unpaired) electrons. The average Bonchev–Trinajstić information content (AvgIpc) is 3.49. The van der Waals surface area contributed by atoms with E-state index >= 15 is 0 Å². The molecule has 1 aliphatic heterocycles. The highest BCUT2D eigenvalue weighted by Crippen LogP contribution is 2.37. The molecule has 0 spiro atoms. The van der Waals surface area contributed by atoms with Crippen molar-refractivity contribution in [3.8, 4) is 21.1 Å². The van der Waals surface area contributed by atoms with E-state index in [1.54, 1.807) is 22.7 Å². The lowest BCUT2D eigenvalue weighted by Gasteiger charge is -2.35. The lowest BCUT2D eigenvalue weighted by molar-refractivity contribution is -0.133. The van der Waals surface area contributed by atoms with Gasteiger partial charge in [-0.05, 0) is 30.5 Å². The smallest absolute Gasteiger partial charge is 0.228 e. The normalized spacial score (nSPS) is 16.0. The summed E-state index contributed by atoms with van der Waals surface area (Å²) in [5.74, 6) is 0.172. The van der Waals surface area contributed by atoms with E-state index in [2.05, 4.69) is 53.4 Å². The van der Waals surface area contributed by atoms with Crippen LogP contribution in [0, 0.1) is 0 Å². The van der Waals surface area contributed by atoms with Crippen molar-refractivity contribution in [2.75, 3.05) is 6.54 Å². The van der Waals surface area contributed by atoms with Crippen molar-refractivity contribution >= 4 is 28.6 Å². The number of amides is 1. The fourth-order valence-corrected chi connectivity index (χ4v) is 5.82. The average molecular weight is 420 g/mol. The first-order valence-corrected chi connectivity index (χ1v) is 11.4. The molecule has 4 heterocycles. The lowest BCUT2D eigenvalue weighted by Crippen LogP contribution is -2.41. The molecule has 29 heavy (non-hydrogen) atoms. The monoisotopic (exact) mass is 419 g/mol.